The lowest BCUT2D eigenvalue weighted by atomic mass is 10.2. The summed E-state index contributed by atoms with van der Waals surface area (Å²) in [4.78, 5) is 3.46. The van der Waals surface area contributed by atoms with Crippen LogP contribution in [-0.4, -0.2) is 12.4 Å². The topological polar surface area (TPSA) is 26.0 Å². The molecule has 0 aliphatic carbocycles. The van der Waals surface area contributed by atoms with Gasteiger partial charge in [-0.2, -0.15) is 0 Å². The maximum absolute atomic E-state index is 3.48. The highest BCUT2D eigenvalue weighted by Gasteiger charge is 2.08. The summed E-state index contributed by atoms with van der Waals surface area (Å²) in [6, 6.07) is 10.5. The van der Waals surface area contributed by atoms with E-state index in [9.17, 15) is 0 Å². The normalized spacial score (nSPS) is 16.7. The molecule has 0 spiro atoms. The Bertz CT molecular complexity index is 317. The Hall–Kier alpha value is -1.31. The molecular formula is C13H19N2+. The van der Waals surface area contributed by atoms with E-state index in [-0.39, 0.29) is 0 Å². The molecule has 1 heterocycles. The third-order valence-electron chi connectivity index (χ3n) is 2.79. The predicted octanol–water partition coefficient (Wildman–Crippen LogP) is 0.829. The van der Waals surface area contributed by atoms with E-state index in [1.807, 2.05) is 0 Å². The van der Waals surface area contributed by atoms with Gasteiger partial charge in [0.25, 0.3) is 0 Å². The zero-order valence-electron chi connectivity index (χ0n) is 9.13. The lowest BCUT2D eigenvalue weighted by Gasteiger charge is -2.01. The van der Waals surface area contributed by atoms with Gasteiger partial charge in [-0.3, -0.25) is 10.3 Å². The molecule has 2 rings (SSSR count). The molecule has 15 heavy (non-hydrogen) atoms. The highest BCUT2D eigenvalue weighted by molar-refractivity contribution is 5.76. The zero-order valence-corrected chi connectivity index (χ0v) is 9.13. The Kier molecular flexibility index (Phi) is 3.77. The Labute approximate surface area is 91.4 Å². The van der Waals surface area contributed by atoms with Crippen LogP contribution < -0.4 is 10.3 Å². The Morgan fingerprint density at radius 1 is 1.07 bits per heavy atom. The average Bonchev–Trinajstić information content (AvgIpc) is 2.56. The van der Waals surface area contributed by atoms with Crippen molar-refractivity contribution in [3.8, 4) is 0 Å². The minimum Gasteiger partial charge on any atom is -0.279 e. The number of benzene rings is 1. The van der Waals surface area contributed by atoms with Crippen molar-refractivity contribution in [2.24, 2.45) is 0 Å². The summed E-state index contributed by atoms with van der Waals surface area (Å²) in [5, 5.41) is 3.48. The lowest BCUT2D eigenvalue weighted by Crippen LogP contribution is -2.75. The number of rotatable bonds is 2. The second-order valence-corrected chi connectivity index (χ2v) is 4.06. The predicted molar refractivity (Wildman–Crippen MR) is 62.6 cm³/mol. The van der Waals surface area contributed by atoms with Gasteiger partial charge in [-0.15, -0.1) is 0 Å². The van der Waals surface area contributed by atoms with Crippen LogP contribution in [0.5, 0.6) is 0 Å². The highest BCUT2D eigenvalue weighted by atomic mass is 15.0. The van der Waals surface area contributed by atoms with Gasteiger partial charge in [-0.25, -0.2) is 0 Å². The zero-order chi connectivity index (χ0) is 10.3. The Balaban J connectivity index is 1.84. The molecule has 1 aromatic carbocycles. The molecule has 0 aromatic heterocycles. The molecule has 0 saturated heterocycles. The van der Waals surface area contributed by atoms with Crippen LogP contribution in [0.3, 0.4) is 0 Å². The first-order valence-electron chi connectivity index (χ1n) is 5.82. The molecule has 0 saturated carbocycles. The van der Waals surface area contributed by atoms with Crippen LogP contribution in [0.1, 0.15) is 31.2 Å². The molecule has 2 N–H and O–H groups in total. The van der Waals surface area contributed by atoms with Crippen molar-refractivity contribution in [1.29, 1.82) is 0 Å². The SMILES string of the molecule is c1ccc(CNC2=[NH+]CCCCC2)cc1. The van der Waals surface area contributed by atoms with Crippen molar-refractivity contribution in [3.05, 3.63) is 35.9 Å². The third kappa shape index (κ3) is 3.39. The van der Waals surface area contributed by atoms with E-state index in [1.165, 1.54) is 37.1 Å². The third-order valence-corrected chi connectivity index (χ3v) is 2.79. The maximum Gasteiger partial charge on any atom is 0.242 e. The summed E-state index contributed by atoms with van der Waals surface area (Å²) in [6.45, 7) is 2.06. The van der Waals surface area contributed by atoms with Crippen molar-refractivity contribution < 1.29 is 4.99 Å². The quantitative estimate of drug-likeness (QED) is 0.731. The fourth-order valence-corrected chi connectivity index (χ4v) is 1.89. The van der Waals surface area contributed by atoms with Crippen LogP contribution in [0, 0.1) is 0 Å². The largest absolute Gasteiger partial charge is 0.279 e. The van der Waals surface area contributed by atoms with Crippen molar-refractivity contribution in [2.45, 2.75) is 32.2 Å². The number of nitrogens with one attached hydrogen (secondary N) is 2. The van der Waals surface area contributed by atoms with Gasteiger partial charge in [-0.1, -0.05) is 30.3 Å². The number of amidine groups is 1. The molecule has 2 nitrogen and oxygen atoms in total. The molecule has 0 bridgehead atoms. The van der Waals surface area contributed by atoms with Crippen LogP contribution in [0.25, 0.3) is 0 Å². The average molecular weight is 203 g/mol. The summed E-state index contributed by atoms with van der Waals surface area (Å²) in [7, 11) is 0. The molecule has 80 valence electrons. The summed E-state index contributed by atoms with van der Waals surface area (Å²) in [5.41, 5.74) is 1.34. The molecular weight excluding hydrogens is 184 g/mol. The standard InChI is InChI=1S/C13H18N2/c1-3-7-12(8-4-1)11-15-13-9-5-2-6-10-14-13/h1,3-4,7-8H,2,5-6,9-11H2,(H,14,15)/p+1. The van der Waals surface area contributed by atoms with E-state index < -0.39 is 0 Å². The molecule has 1 aromatic rings. The van der Waals surface area contributed by atoms with Crippen LogP contribution >= 0.6 is 0 Å². The van der Waals surface area contributed by atoms with Gasteiger partial charge < -0.3 is 0 Å². The van der Waals surface area contributed by atoms with Crippen LogP contribution in [-0.2, 0) is 6.54 Å². The molecule has 0 fully saturated rings. The highest BCUT2D eigenvalue weighted by Crippen LogP contribution is 2.01. The first-order chi connectivity index (χ1) is 7.45. The van der Waals surface area contributed by atoms with Gasteiger partial charge >= 0.3 is 0 Å². The van der Waals surface area contributed by atoms with Gasteiger partial charge in [0.05, 0.1) is 6.54 Å². The monoisotopic (exact) mass is 203 g/mol. The summed E-state index contributed by atoms with van der Waals surface area (Å²) >= 11 is 0. The van der Waals surface area contributed by atoms with E-state index in [2.05, 4.69) is 40.6 Å². The minimum absolute atomic E-state index is 0.934. The smallest absolute Gasteiger partial charge is 0.242 e. The van der Waals surface area contributed by atoms with Crippen molar-refractivity contribution in [3.63, 3.8) is 0 Å². The first kappa shape index (κ1) is 10.2. The fraction of sp³-hybridized carbons (Fsp3) is 0.462. The number of hydrogen-bond acceptors (Lipinski definition) is 1. The van der Waals surface area contributed by atoms with Crippen LogP contribution in [0.15, 0.2) is 30.3 Å². The molecule has 0 radical (unpaired) electrons. The number of hydrogen-bond donors (Lipinski definition) is 2. The molecule has 1 aliphatic rings. The second kappa shape index (κ2) is 5.54. The van der Waals surface area contributed by atoms with Crippen LogP contribution in [0.4, 0.5) is 0 Å². The first-order valence-corrected chi connectivity index (χ1v) is 5.82. The molecule has 0 unspecified atom stereocenters. The van der Waals surface area contributed by atoms with E-state index in [1.54, 1.807) is 0 Å². The van der Waals surface area contributed by atoms with E-state index in [0.717, 1.165) is 13.1 Å². The Morgan fingerprint density at radius 2 is 1.93 bits per heavy atom. The molecule has 0 atom stereocenters. The lowest BCUT2D eigenvalue weighted by molar-refractivity contribution is -0.459. The van der Waals surface area contributed by atoms with Crippen molar-refractivity contribution in [1.82, 2.24) is 5.32 Å². The van der Waals surface area contributed by atoms with Gasteiger partial charge in [0.2, 0.25) is 5.84 Å². The molecule has 0 amide bonds. The molecule has 2 heteroatoms. The Morgan fingerprint density at radius 3 is 2.80 bits per heavy atom. The maximum atomic E-state index is 3.48. The van der Waals surface area contributed by atoms with Gasteiger partial charge in [-0.05, 0) is 24.8 Å². The van der Waals surface area contributed by atoms with Crippen molar-refractivity contribution >= 4 is 5.84 Å². The van der Waals surface area contributed by atoms with E-state index >= 15 is 0 Å². The van der Waals surface area contributed by atoms with E-state index in [0.29, 0.717) is 0 Å². The van der Waals surface area contributed by atoms with Gasteiger partial charge in [0, 0.05) is 6.42 Å². The van der Waals surface area contributed by atoms with E-state index in [4.69, 9.17) is 0 Å². The summed E-state index contributed by atoms with van der Waals surface area (Å²) in [5.74, 6) is 1.32. The summed E-state index contributed by atoms with van der Waals surface area (Å²) < 4.78 is 0. The second-order valence-electron chi connectivity index (χ2n) is 4.06. The van der Waals surface area contributed by atoms with Gasteiger partial charge in [0.1, 0.15) is 6.54 Å². The fourth-order valence-electron chi connectivity index (χ4n) is 1.89. The van der Waals surface area contributed by atoms with Crippen LogP contribution in [0.2, 0.25) is 0 Å². The minimum atomic E-state index is 0.934. The van der Waals surface area contributed by atoms with Crippen molar-refractivity contribution in [2.75, 3.05) is 6.54 Å². The van der Waals surface area contributed by atoms with Gasteiger partial charge in [0.15, 0.2) is 0 Å². The summed E-state index contributed by atoms with van der Waals surface area (Å²) in [6.07, 6.45) is 5.14. The molecule has 1 aliphatic heterocycles.